The molecule has 1 rings (SSSR count). The van der Waals surface area contributed by atoms with E-state index in [1.807, 2.05) is 6.92 Å². The van der Waals surface area contributed by atoms with Crippen LogP contribution in [0.15, 0.2) is 0 Å². The van der Waals surface area contributed by atoms with Gasteiger partial charge in [-0.15, -0.1) is 0 Å². The van der Waals surface area contributed by atoms with Crippen LogP contribution in [0.2, 0.25) is 0 Å². The van der Waals surface area contributed by atoms with Crippen LogP contribution in [0.3, 0.4) is 0 Å². The van der Waals surface area contributed by atoms with E-state index in [9.17, 15) is 8.42 Å². The van der Waals surface area contributed by atoms with Gasteiger partial charge in [0.25, 0.3) is 0 Å². The van der Waals surface area contributed by atoms with Crippen molar-refractivity contribution in [3.8, 4) is 0 Å². The molecule has 0 aliphatic carbocycles. The van der Waals surface area contributed by atoms with E-state index in [0.29, 0.717) is 32.5 Å². The molecule has 0 bridgehead atoms. The summed E-state index contributed by atoms with van der Waals surface area (Å²) < 4.78 is 25.6. The van der Waals surface area contributed by atoms with Gasteiger partial charge in [-0.25, -0.2) is 12.7 Å². The summed E-state index contributed by atoms with van der Waals surface area (Å²) in [5, 5.41) is 11.5. The van der Waals surface area contributed by atoms with Crippen LogP contribution in [0.1, 0.15) is 19.8 Å². The molecule has 1 unspecified atom stereocenters. The van der Waals surface area contributed by atoms with Crippen molar-refractivity contribution >= 4 is 10.0 Å². The third-order valence-electron chi connectivity index (χ3n) is 2.71. The Kier molecular flexibility index (Phi) is 4.98. The minimum absolute atomic E-state index is 0.0366. The van der Waals surface area contributed by atoms with Gasteiger partial charge in [-0.05, 0) is 19.4 Å². The van der Waals surface area contributed by atoms with Crippen molar-refractivity contribution in [2.75, 3.05) is 32.8 Å². The molecule has 1 heterocycles. The maximum absolute atomic E-state index is 12.1. The van der Waals surface area contributed by atoms with Crippen molar-refractivity contribution in [2.45, 2.75) is 25.0 Å². The Balaban J connectivity index is 2.63. The van der Waals surface area contributed by atoms with Gasteiger partial charge in [-0.3, -0.25) is 0 Å². The lowest BCUT2D eigenvalue weighted by Gasteiger charge is -2.23. The highest BCUT2D eigenvalue weighted by molar-refractivity contribution is 7.89. The Bertz CT molecular complexity index is 273. The van der Waals surface area contributed by atoms with E-state index in [4.69, 9.17) is 5.11 Å². The highest BCUT2D eigenvalue weighted by Crippen LogP contribution is 2.15. The topological polar surface area (TPSA) is 69.6 Å². The van der Waals surface area contributed by atoms with Gasteiger partial charge >= 0.3 is 0 Å². The molecule has 0 radical (unpaired) electrons. The fraction of sp³-hybridized carbons (Fsp3) is 1.00. The molecule has 0 aromatic rings. The maximum atomic E-state index is 12.1. The van der Waals surface area contributed by atoms with Crippen molar-refractivity contribution in [1.82, 2.24) is 9.62 Å². The minimum atomic E-state index is -3.16. The summed E-state index contributed by atoms with van der Waals surface area (Å²) in [6.07, 6.45) is 1.20. The number of rotatable bonds is 6. The first-order valence-electron chi connectivity index (χ1n) is 5.43. The van der Waals surface area contributed by atoms with Crippen molar-refractivity contribution in [2.24, 2.45) is 0 Å². The Morgan fingerprint density at radius 1 is 1.53 bits per heavy atom. The Hall–Kier alpha value is -0.170. The molecule has 90 valence electrons. The van der Waals surface area contributed by atoms with Crippen LogP contribution >= 0.6 is 0 Å². The molecule has 15 heavy (non-hydrogen) atoms. The zero-order valence-electron chi connectivity index (χ0n) is 9.15. The SMILES string of the molecule is CCN(CCCO)S(=O)(=O)C1CCNC1. The fourth-order valence-corrected chi connectivity index (χ4v) is 3.71. The quantitative estimate of drug-likeness (QED) is 0.645. The monoisotopic (exact) mass is 236 g/mol. The summed E-state index contributed by atoms with van der Waals surface area (Å²) in [6, 6.07) is 0. The first-order valence-corrected chi connectivity index (χ1v) is 6.93. The Labute approximate surface area is 91.5 Å². The summed E-state index contributed by atoms with van der Waals surface area (Å²) in [6.45, 7) is 4.11. The molecule has 1 saturated heterocycles. The van der Waals surface area contributed by atoms with E-state index in [1.165, 1.54) is 4.31 Å². The smallest absolute Gasteiger partial charge is 0.218 e. The van der Waals surface area contributed by atoms with Gasteiger partial charge in [0.2, 0.25) is 10.0 Å². The highest BCUT2D eigenvalue weighted by atomic mass is 32.2. The molecule has 0 aromatic carbocycles. The minimum Gasteiger partial charge on any atom is -0.396 e. The van der Waals surface area contributed by atoms with Crippen LogP contribution in [0.4, 0.5) is 0 Å². The molecule has 0 saturated carbocycles. The average molecular weight is 236 g/mol. The molecule has 1 atom stereocenters. The lowest BCUT2D eigenvalue weighted by Crippen LogP contribution is -2.40. The van der Waals surface area contributed by atoms with Gasteiger partial charge in [0.15, 0.2) is 0 Å². The number of nitrogens with zero attached hydrogens (tertiary/aromatic N) is 1. The van der Waals surface area contributed by atoms with Crippen LogP contribution in [0.25, 0.3) is 0 Å². The van der Waals surface area contributed by atoms with Gasteiger partial charge in [-0.1, -0.05) is 6.92 Å². The summed E-state index contributed by atoms with van der Waals surface area (Å²) in [5.41, 5.74) is 0. The largest absolute Gasteiger partial charge is 0.396 e. The second-order valence-electron chi connectivity index (χ2n) is 3.73. The van der Waals surface area contributed by atoms with Gasteiger partial charge in [0.1, 0.15) is 0 Å². The molecule has 0 aromatic heterocycles. The number of aliphatic hydroxyl groups is 1. The van der Waals surface area contributed by atoms with Crippen LogP contribution in [-0.4, -0.2) is 55.9 Å². The predicted molar refractivity (Wildman–Crippen MR) is 59.1 cm³/mol. The molecule has 0 amide bonds. The summed E-state index contributed by atoms with van der Waals surface area (Å²) >= 11 is 0. The first-order chi connectivity index (χ1) is 7.12. The van der Waals surface area contributed by atoms with Crippen LogP contribution in [-0.2, 0) is 10.0 Å². The van der Waals surface area contributed by atoms with Gasteiger partial charge in [0, 0.05) is 26.2 Å². The summed E-state index contributed by atoms with van der Waals surface area (Å²) in [5.74, 6) is 0. The van der Waals surface area contributed by atoms with Gasteiger partial charge in [0.05, 0.1) is 5.25 Å². The number of sulfonamides is 1. The van der Waals surface area contributed by atoms with Crippen molar-refractivity contribution in [3.05, 3.63) is 0 Å². The molecule has 1 fully saturated rings. The van der Waals surface area contributed by atoms with Crippen molar-refractivity contribution < 1.29 is 13.5 Å². The normalized spacial score (nSPS) is 22.5. The number of hydrogen-bond acceptors (Lipinski definition) is 4. The number of nitrogens with one attached hydrogen (secondary N) is 1. The third kappa shape index (κ3) is 3.14. The number of hydrogen-bond donors (Lipinski definition) is 2. The second kappa shape index (κ2) is 5.79. The number of aliphatic hydroxyl groups excluding tert-OH is 1. The lowest BCUT2D eigenvalue weighted by molar-refractivity contribution is 0.270. The summed E-state index contributed by atoms with van der Waals surface area (Å²) in [7, 11) is -3.16. The van der Waals surface area contributed by atoms with E-state index >= 15 is 0 Å². The molecule has 2 N–H and O–H groups in total. The Morgan fingerprint density at radius 2 is 2.27 bits per heavy atom. The van der Waals surface area contributed by atoms with Crippen LogP contribution in [0.5, 0.6) is 0 Å². The predicted octanol–water partition coefficient (Wildman–Crippen LogP) is -0.618. The van der Waals surface area contributed by atoms with Gasteiger partial charge in [-0.2, -0.15) is 0 Å². The first kappa shape index (κ1) is 12.9. The van der Waals surface area contributed by atoms with E-state index in [-0.39, 0.29) is 11.9 Å². The molecule has 6 heteroatoms. The molecule has 1 aliphatic heterocycles. The molecule has 5 nitrogen and oxygen atoms in total. The Morgan fingerprint density at radius 3 is 2.73 bits per heavy atom. The molecular weight excluding hydrogens is 216 g/mol. The summed E-state index contributed by atoms with van der Waals surface area (Å²) in [4.78, 5) is 0. The van der Waals surface area contributed by atoms with Crippen LogP contribution in [0, 0.1) is 0 Å². The van der Waals surface area contributed by atoms with E-state index < -0.39 is 10.0 Å². The van der Waals surface area contributed by atoms with Crippen molar-refractivity contribution in [1.29, 1.82) is 0 Å². The van der Waals surface area contributed by atoms with E-state index in [0.717, 1.165) is 6.54 Å². The molecule has 0 spiro atoms. The molecule has 1 aliphatic rings. The zero-order valence-corrected chi connectivity index (χ0v) is 9.96. The van der Waals surface area contributed by atoms with Crippen molar-refractivity contribution in [3.63, 3.8) is 0 Å². The van der Waals surface area contributed by atoms with Crippen LogP contribution < -0.4 is 5.32 Å². The standard InChI is InChI=1S/C9H20N2O3S/c1-2-11(6-3-7-12)15(13,14)9-4-5-10-8-9/h9-10,12H,2-8H2,1H3. The average Bonchev–Trinajstić information content (AvgIpc) is 2.72. The zero-order chi connectivity index (χ0) is 11.3. The fourth-order valence-electron chi connectivity index (χ4n) is 1.81. The second-order valence-corrected chi connectivity index (χ2v) is 5.94. The van der Waals surface area contributed by atoms with Gasteiger partial charge < -0.3 is 10.4 Å². The van der Waals surface area contributed by atoms with E-state index in [1.54, 1.807) is 0 Å². The maximum Gasteiger partial charge on any atom is 0.218 e. The highest BCUT2D eigenvalue weighted by Gasteiger charge is 2.32. The molecular formula is C9H20N2O3S. The van der Waals surface area contributed by atoms with E-state index in [2.05, 4.69) is 5.32 Å². The lowest BCUT2D eigenvalue weighted by atomic mass is 10.4. The third-order valence-corrected chi connectivity index (χ3v) is 5.12.